The first kappa shape index (κ1) is 18.8. The minimum absolute atomic E-state index is 0.825. The Morgan fingerprint density at radius 2 is 1.79 bits per heavy atom. The Morgan fingerprint density at radius 3 is 2.57 bits per heavy atom. The summed E-state index contributed by atoms with van der Waals surface area (Å²) in [5.41, 5.74) is 6.41. The van der Waals surface area contributed by atoms with Crippen LogP contribution in [0.3, 0.4) is 0 Å². The molecule has 2 aliphatic heterocycles. The second-order valence-electron chi connectivity index (χ2n) is 7.50. The molecule has 0 aliphatic carbocycles. The molecular weight excluding hydrogens is 364 g/mol. The van der Waals surface area contributed by atoms with Crippen molar-refractivity contribution in [2.45, 2.75) is 19.8 Å². The van der Waals surface area contributed by atoms with Crippen molar-refractivity contribution in [2.75, 3.05) is 42.9 Å². The molecule has 1 fully saturated rings. The van der Waals surface area contributed by atoms with Gasteiger partial charge in [-0.3, -0.25) is 0 Å². The highest BCUT2D eigenvalue weighted by molar-refractivity contribution is 7.80. The predicted molar refractivity (Wildman–Crippen MR) is 123 cm³/mol. The van der Waals surface area contributed by atoms with Gasteiger partial charge >= 0.3 is 0 Å². The first-order valence-electron chi connectivity index (χ1n) is 10.1. The maximum Gasteiger partial charge on any atom is 0.173 e. The lowest BCUT2D eigenvalue weighted by Crippen LogP contribution is -2.51. The molecule has 2 heterocycles. The molecule has 2 aromatic carbocycles. The Balaban J connectivity index is 1.36. The molecule has 0 spiro atoms. The van der Waals surface area contributed by atoms with Crippen LogP contribution in [0.4, 0.5) is 11.4 Å². The molecule has 28 heavy (non-hydrogen) atoms. The molecule has 0 atom stereocenters. The summed E-state index contributed by atoms with van der Waals surface area (Å²) in [6.07, 6.45) is 4.30. The number of rotatable bonds is 2. The number of piperazine rings is 1. The zero-order valence-electron chi connectivity index (χ0n) is 16.4. The Labute approximate surface area is 173 Å². The fourth-order valence-electron chi connectivity index (χ4n) is 3.87. The normalized spacial score (nSPS) is 18.2. The third kappa shape index (κ3) is 4.30. The maximum atomic E-state index is 5.68. The molecule has 0 saturated carbocycles. The molecule has 4 nitrogen and oxygen atoms in total. The van der Waals surface area contributed by atoms with Crippen LogP contribution < -0.4 is 15.5 Å². The van der Waals surface area contributed by atoms with Crippen molar-refractivity contribution in [3.63, 3.8) is 0 Å². The predicted octanol–water partition coefficient (Wildman–Crippen LogP) is 4.24. The molecule has 0 bridgehead atoms. The first-order chi connectivity index (χ1) is 13.7. The average Bonchev–Trinajstić information content (AvgIpc) is 2.95. The van der Waals surface area contributed by atoms with E-state index in [-0.39, 0.29) is 0 Å². The first-order valence-corrected chi connectivity index (χ1v) is 10.5. The fourth-order valence-corrected chi connectivity index (χ4v) is 4.11. The van der Waals surface area contributed by atoms with Gasteiger partial charge in [-0.1, -0.05) is 35.9 Å². The van der Waals surface area contributed by atoms with Crippen LogP contribution >= 0.6 is 12.2 Å². The van der Waals surface area contributed by atoms with Gasteiger partial charge in [0, 0.05) is 55.9 Å². The third-order valence-electron chi connectivity index (χ3n) is 5.55. The van der Waals surface area contributed by atoms with Crippen molar-refractivity contribution in [3.05, 3.63) is 65.9 Å². The topological polar surface area (TPSA) is 30.5 Å². The van der Waals surface area contributed by atoms with Crippen LogP contribution in [0.25, 0.3) is 5.57 Å². The number of nitrogens with one attached hydrogen (secondary N) is 2. The minimum Gasteiger partial charge on any atom is -0.385 e. The number of anilines is 2. The van der Waals surface area contributed by atoms with E-state index < -0.39 is 0 Å². The van der Waals surface area contributed by atoms with Crippen LogP contribution in [0.5, 0.6) is 0 Å². The number of para-hydroxylation sites is 1. The summed E-state index contributed by atoms with van der Waals surface area (Å²) >= 11 is 5.68. The van der Waals surface area contributed by atoms with E-state index in [0.29, 0.717) is 0 Å². The highest BCUT2D eigenvalue weighted by atomic mass is 32.1. The number of aryl methyl sites for hydroxylation is 1. The Bertz CT molecular complexity index is 851. The van der Waals surface area contributed by atoms with E-state index >= 15 is 0 Å². The van der Waals surface area contributed by atoms with Crippen molar-refractivity contribution < 1.29 is 0 Å². The SMILES string of the molecule is Cc1ccc(N2CCN(C(=S)N/C=C3/CCCNc4ccccc43)CC2)cc1. The highest BCUT2D eigenvalue weighted by Gasteiger charge is 2.19. The van der Waals surface area contributed by atoms with Crippen molar-refractivity contribution in [1.82, 2.24) is 10.2 Å². The number of fused-ring (bicyclic) bond motifs is 1. The van der Waals surface area contributed by atoms with Crippen LogP contribution in [0.1, 0.15) is 24.0 Å². The van der Waals surface area contributed by atoms with Crippen molar-refractivity contribution in [1.29, 1.82) is 0 Å². The molecule has 4 rings (SSSR count). The maximum absolute atomic E-state index is 5.68. The molecule has 1 saturated heterocycles. The average molecular weight is 393 g/mol. The number of allylic oxidation sites excluding steroid dienone is 1. The van der Waals surface area contributed by atoms with Crippen LogP contribution in [0.15, 0.2) is 54.7 Å². The molecule has 5 heteroatoms. The fraction of sp³-hybridized carbons (Fsp3) is 0.348. The molecule has 146 valence electrons. The van der Waals surface area contributed by atoms with Gasteiger partial charge in [0.1, 0.15) is 0 Å². The Kier molecular flexibility index (Phi) is 5.81. The zero-order chi connectivity index (χ0) is 19.3. The van der Waals surface area contributed by atoms with Gasteiger partial charge < -0.3 is 20.4 Å². The zero-order valence-corrected chi connectivity index (χ0v) is 17.3. The van der Waals surface area contributed by atoms with E-state index in [9.17, 15) is 0 Å². The molecule has 2 aliphatic rings. The molecule has 0 radical (unpaired) electrons. The molecule has 0 amide bonds. The van der Waals surface area contributed by atoms with Crippen LogP contribution in [0.2, 0.25) is 0 Å². The summed E-state index contributed by atoms with van der Waals surface area (Å²) in [6, 6.07) is 17.3. The standard InChI is InChI=1S/C23H28N4S/c1-18-8-10-20(11-9-18)26-13-15-27(16-14-26)23(28)25-17-19-5-4-12-24-22-7-3-2-6-21(19)22/h2-3,6-11,17,24H,4-5,12-16H2,1H3,(H,25,28)/b19-17-. The van der Waals surface area contributed by atoms with Gasteiger partial charge in [-0.05, 0) is 55.8 Å². The largest absolute Gasteiger partial charge is 0.385 e. The third-order valence-corrected chi connectivity index (χ3v) is 5.92. The second-order valence-corrected chi connectivity index (χ2v) is 7.89. The van der Waals surface area contributed by atoms with Gasteiger partial charge in [0.25, 0.3) is 0 Å². The lowest BCUT2D eigenvalue weighted by Gasteiger charge is -2.37. The summed E-state index contributed by atoms with van der Waals surface area (Å²) in [4.78, 5) is 4.71. The lowest BCUT2D eigenvalue weighted by atomic mass is 10.0. The summed E-state index contributed by atoms with van der Waals surface area (Å²) in [5.74, 6) is 0. The van der Waals surface area contributed by atoms with E-state index in [4.69, 9.17) is 12.2 Å². The van der Waals surface area contributed by atoms with Gasteiger partial charge in [0.05, 0.1) is 0 Å². The van der Waals surface area contributed by atoms with E-state index in [1.165, 1.54) is 28.1 Å². The van der Waals surface area contributed by atoms with Crippen LogP contribution in [0, 0.1) is 6.92 Å². The smallest absolute Gasteiger partial charge is 0.173 e. The molecule has 2 aromatic rings. The van der Waals surface area contributed by atoms with Gasteiger partial charge in [-0.25, -0.2) is 0 Å². The van der Waals surface area contributed by atoms with Gasteiger partial charge in [0.2, 0.25) is 0 Å². The van der Waals surface area contributed by atoms with E-state index in [0.717, 1.165) is 50.7 Å². The highest BCUT2D eigenvalue weighted by Crippen LogP contribution is 2.29. The molecular formula is C23H28N4S. The van der Waals surface area contributed by atoms with Crippen molar-refractivity contribution in [3.8, 4) is 0 Å². The monoisotopic (exact) mass is 392 g/mol. The quantitative estimate of drug-likeness (QED) is 0.747. The molecule has 2 N–H and O–H groups in total. The summed E-state index contributed by atoms with van der Waals surface area (Å²) in [6.45, 7) is 7.02. The molecule has 0 aromatic heterocycles. The molecule has 0 unspecified atom stereocenters. The van der Waals surface area contributed by atoms with Gasteiger partial charge in [-0.2, -0.15) is 0 Å². The summed E-state index contributed by atoms with van der Waals surface area (Å²) in [5, 5.41) is 7.74. The van der Waals surface area contributed by atoms with E-state index in [1.54, 1.807) is 0 Å². The number of hydrogen-bond acceptors (Lipinski definition) is 3. The van der Waals surface area contributed by atoms with Crippen molar-refractivity contribution in [2.24, 2.45) is 0 Å². The number of hydrogen-bond donors (Lipinski definition) is 2. The number of thiocarbonyl (C=S) groups is 1. The second kappa shape index (κ2) is 8.65. The Morgan fingerprint density at radius 1 is 1.04 bits per heavy atom. The Hall–Kier alpha value is -2.53. The lowest BCUT2D eigenvalue weighted by molar-refractivity contribution is 0.384. The van der Waals surface area contributed by atoms with Crippen LogP contribution in [-0.2, 0) is 0 Å². The van der Waals surface area contributed by atoms with E-state index in [2.05, 4.69) is 82.1 Å². The van der Waals surface area contributed by atoms with Crippen LogP contribution in [-0.4, -0.2) is 42.7 Å². The number of nitrogens with zero attached hydrogens (tertiary/aromatic N) is 2. The number of benzene rings is 2. The summed E-state index contributed by atoms with van der Waals surface area (Å²) in [7, 11) is 0. The van der Waals surface area contributed by atoms with Gasteiger partial charge in [-0.15, -0.1) is 0 Å². The van der Waals surface area contributed by atoms with Crippen molar-refractivity contribution >= 4 is 34.3 Å². The minimum atomic E-state index is 0.825. The van der Waals surface area contributed by atoms with Gasteiger partial charge in [0.15, 0.2) is 5.11 Å². The van der Waals surface area contributed by atoms with E-state index in [1.807, 2.05) is 0 Å². The summed E-state index contributed by atoms with van der Waals surface area (Å²) < 4.78 is 0.